The van der Waals surface area contributed by atoms with Gasteiger partial charge in [-0.3, -0.25) is 19.5 Å². The molecule has 0 aliphatic carbocycles. The largest absolute Gasteiger partial charge is 0.472 e. The zero-order valence-corrected chi connectivity index (χ0v) is 17.4. The van der Waals surface area contributed by atoms with Crippen LogP contribution in [0.3, 0.4) is 0 Å². The molecule has 1 saturated heterocycles. The Balaban J connectivity index is 1.38. The second-order valence-corrected chi connectivity index (χ2v) is 7.79. The standard InChI is InChI=1S/C24H28N4O2/c1-20(17-26-12-14-27(15-13-26)18-21-7-3-2-4-8-21)28(23-9-5-6-11-25-23)24(29)22-10-16-30-19-22/h2-11,16,19-20H,12-15,17-18H2,1H3/t20-/m1/s1. The minimum absolute atomic E-state index is 0.0111. The summed E-state index contributed by atoms with van der Waals surface area (Å²) >= 11 is 0. The highest BCUT2D eigenvalue weighted by Gasteiger charge is 2.27. The lowest BCUT2D eigenvalue weighted by atomic mass is 10.1. The summed E-state index contributed by atoms with van der Waals surface area (Å²) < 4.78 is 5.13. The number of aromatic nitrogens is 1. The summed E-state index contributed by atoms with van der Waals surface area (Å²) in [6, 6.07) is 17.9. The first kappa shape index (κ1) is 20.3. The molecular formula is C24H28N4O2. The van der Waals surface area contributed by atoms with Crippen LogP contribution in [0.15, 0.2) is 77.7 Å². The fourth-order valence-corrected chi connectivity index (χ4v) is 3.98. The van der Waals surface area contributed by atoms with E-state index in [2.05, 4.69) is 52.0 Å². The molecule has 2 aromatic heterocycles. The van der Waals surface area contributed by atoms with Crippen molar-refractivity contribution in [1.29, 1.82) is 0 Å². The van der Waals surface area contributed by atoms with Crippen molar-refractivity contribution >= 4 is 11.7 Å². The molecule has 156 valence electrons. The van der Waals surface area contributed by atoms with Crippen LogP contribution in [-0.2, 0) is 6.54 Å². The van der Waals surface area contributed by atoms with Gasteiger partial charge in [0.15, 0.2) is 0 Å². The number of pyridine rings is 1. The van der Waals surface area contributed by atoms with E-state index in [1.807, 2.05) is 18.2 Å². The average molecular weight is 405 g/mol. The van der Waals surface area contributed by atoms with Crippen molar-refractivity contribution in [1.82, 2.24) is 14.8 Å². The Bertz CT molecular complexity index is 907. The van der Waals surface area contributed by atoms with E-state index in [1.54, 1.807) is 17.2 Å². The Labute approximate surface area is 177 Å². The van der Waals surface area contributed by atoms with Crippen LogP contribution in [0, 0.1) is 0 Å². The molecule has 1 aliphatic rings. The van der Waals surface area contributed by atoms with Gasteiger partial charge in [-0.05, 0) is 30.7 Å². The highest BCUT2D eigenvalue weighted by Crippen LogP contribution is 2.19. The maximum atomic E-state index is 13.1. The van der Waals surface area contributed by atoms with Crippen molar-refractivity contribution in [3.05, 3.63) is 84.4 Å². The number of piperazine rings is 1. The topological polar surface area (TPSA) is 52.8 Å². The molecule has 6 heteroatoms. The molecule has 1 atom stereocenters. The number of carbonyl (C=O) groups excluding carboxylic acids is 1. The van der Waals surface area contributed by atoms with Gasteiger partial charge in [-0.2, -0.15) is 0 Å². The van der Waals surface area contributed by atoms with Gasteiger partial charge < -0.3 is 4.42 Å². The van der Waals surface area contributed by atoms with Gasteiger partial charge in [-0.1, -0.05) is 36.4 Å². The lowest BCUT2D eigenvalue weighted by molar-refractivity contribution is 0.0949. The van der Waals surface area contributed by atoms with Crippen molar-refractivity contribution < 1.29 is 9.21 Å². The Morgan fingerprint density at radius 1 is 1.03 bits per heavy atom. The van der Waals surface area contributed by atoms with Gasteiger partial charge in [-0.25, -0.2) is 4.98 Å². The van der Waals surface area contributed by atoms with E-state index in [1.165, 1.54) is 18.1 Å². The summed E-state index contributed by atoms with van der Waals surface area (Å²) in [6.07, 6.45) is 4.74. The number of nitrogens with zero attached hydrogens (tertiary/aromatic N) is 4. The summed E-state index contributed by atoms with van der Waals surface area (Å²) in [5.41, 5.74) is 1.89. The quantitative estimate of drug-likeness (QED) is 0.603. The van der Waals surface area contributed by atoms with Crippen molar-refractivity contribution in [3.63, 3.8) is 0 Å². The Hall–Kier alpha value is -2.96. The first-order valence-corrected chi connectivity index (χ1v) is 10.5. The molecule has 1 amide bonds. The van der Waals surface area contributed by atoms with Gasteiger partial charge >= 0.3 is 0 Å². The van der Waals surface area contributed by atoms with Crippen molar-refractivity contribution in [2.45, 2.75) is 19.5 Å². The molecule has 3 aromatic rings. The molecule has 1 aromatic carbocycles. The zero-order valence-electron chi connectivity index (χ0n) is 17.4. The van der Waals surface area contributed by atoms with Gasteiger partial charge in [0.2, 0.25) is 0 Å². The molecule has 0 spiro atoms. The van der Waals surface area contributed by atoms with Crippen LogP contribution in [-0.4, -0.2) is 59.5 Å². The molecule has 1 aliphatic heterocycles. The molecule has 6 nitrogen and oxygen atoms in total. The maximum Gasteiger partial charge on any atom is 0.262 e. The normalized spacial score (nSPS) is 16.3. The fourth-order valence-electron chi connectivity index (χ4n) is 3.98. The average Bonchev–Trinajstić information content (AvgIpc) is 3.32. The molecule has 3 heterocycles. The molecule has 1 fully saturated rings. The Morgan fingerprint density at radius 3 is 2.43 bits per heavy atom. The second kappa shape index (κ2) is 9.69. The molecular weight excluding hydrogens is 376 g/mol. The SMILES string of the molecule is C[C@H](CN1CCN(Cc2ccccc2)CC1)N(C(=O)c1ccoc1)c1ccccn1. The number of benzene rings is 1. The van der Waals surface area contributed by atoms with Crippen LogP contribution < -0.4 is 4.90 Å². The van der Waals surface area contributed by atoms with E-state index in [0.717, 1.165) is 39.3 Å². The predicted molar refractivity (Wildman–Crippen MR) is 117 cm³/mol. The molecule has 0 unspecified atom stereocenters. The van der Waals surface area contributed by atoms with Crippen LogP contribution in [0.4, 0.5) is 5.82 Å². The molecule has 0 radical (unpaired) electrons. The monoisotopic (exact) mass is 404 g/mol. The molecule has 0 N–H and O–H groups in total. The number of hydrogen-bond acceptors (Lipinski definition) is 5. The third-order valence-corrected chi connectivity index (χ3v) is 5.56. The Kier molecular flexibility index (Phi) is 6.57. The van der Waals surface area contributed by atoms with E-state index >= 15 is 0 Å². The van der Waals surface area contributed by atoms with E-state index in [0.29, 0.717) is 11.4 Å². The zero-order chi connectivity index (χ0) is 20.8. The lowest BCUT2D eigenvalue weighted by Gasteiger charge is -2.38. The van der Waals surface area contributed by atoms with Crippen LogP contribution in [0.1, 0.15) is 22.8 Å². The van der Waals surface area contributed by atoms with Crippen LogP contribution >= 0.6 is 0 Å². The summed E-state index contributed by atoms with van der Waals surface area (Å²) in [7, 11) is 0. The van der Waals surface area contributed by atoms with Crippen molar-refractivity contribution in [3.8, 4) is 0 Å². The van der Waals surface area contributed by atoms with E-state index < -0.39 is 0 Å². The minimum atomic E-state index is -0.0855. The maximum absolute atomic E-state index is 13.1. The highest BCUT2D eigenvalue weighted by atomic mass is 16.3. The van der Waals surface area contributed by atoms with Crippen molar-refractivity contribution in [2.24, 2.45) is 0 Å². The third-order valence-electron chi connectivity index (χ3n) is 5.56. The summed E-state index contributed by atoms with van der Waals surface area (Å²) in [6.45, 7) is 7.92. The van der Waals surface area contributed by atoms with Gasteiger partial charge in [0.05, 0.1) is 11.8 Å². The van der Waals surface area contributed by atoms with Gasteiger partial charge in [-0.15, -0.1) is 0 Å². The summed E-state index contributed by atoms with van der Waals surface area (Å²) in [5.74, 6) is 0.580. The highest BCUT2D eigenvalue weighted by molar-refractivity contribution is 6.05. The first-order chi connectivity index (χ1) is 14.7. The van der Waals surface area contributed by atoms with Crippen LogP contribution in [0.25, 0.3) is 0 Å². The van der Waals surface area contributed by atoms with E-state index in [4.69, 9.17) is 4.42 Å². The number of hydrogen-bond donors (Lipinski definition) is 0. The Morgan fingerprint density at radius 2 is 1.77 bits per heavy atom. The number of anilines is 1. The third kappa shape index (κ3) is 4.96. The van der Waals surface area contributed by atoms with E-state index in [9.17, 15) is 4.79 Å². The van der Waals surface area contributed by atoms with Gasteiger partial charge in [0.1, 0.15) is 12.1 Å². The molecule has 30 heavy (non-hydrogen) atoms. The van der Waals surface area contributed by atoms with Crippen LogP contribution in [0.5, 0.6) is 0 Å². The van der Waals surface area contributed by atoms with Crippen LogP contribution in [0.2, 0.25) is 0 Å². The van der Waals surface area contributed by atoms with Gasteiger partial charge in [0.25, 0.3) is 5.91 Å². The lowest BCUT2D eigenvalue weighted by Crippen LogP contribution is -2.51. The molecule has 0 bridgehead atoms. The number of amides is 1. The number of rotatable bonds is 7. The minimum Gasteiger partial charge on any atom is -0.472 e. The first-order valence-electron chi connectivity index (χ1n) is 10.5. The van der Waals surface area contributed by atoms with E-state index in [-0.39, 0.29) is 11.9 Å². The number of carbonyl (C=O) groups is 1. The predicted octanol–water partition coefficient (Wildman–Crippen LogP) is 3.53. The van der Waals surface area contributed by atoms with Crippen molar-refractivity contribution in [2.75, 3.05) is 37.6 Å². The smallest absolute Gasteiger partial charge is 0.262 e. The summed E-state index contributed by atoms with van der Waals surface area (Å²) in [4.78, 5) is 24.3. The second-order valence-electron chi connectivity index (χ2n) is 7.79. The number of furan rings is 1. The summed E-state index contributed by atoms with van der Waals surface area (Å²) in [5, 5.41) is 0. The van der Waals surface area contributed by atoms with Gasteiger partial charge in [0, 0.05) is 51.5 Å². The molecule has 0 saturated carbocycles. The molecule has 4 rings (SSSR count). The fraction of sp³-hybridized carbons (Fsp3) is 0.333.